The molecule has 0 atom stereocenters. The minimum Gasteiger partial charge on any atom is -0.364 e. The van der Waals surface area contributed by atoms with E-state index >= 15 is 4.39 Å². The zero-order chi connectivity index (χ0) is 21.8. The van der Waals surface area contributed by atoms with Crippen molar-refractivity contribution in [3.63, 3.8) is 0 Å². The number of carbonyl (C=O) groups excluding carboxylic acids is 3. The van der Waals surface area contributed by atoms with Crippen molar-refractivity contribution in [2.45, 2.75) is 19.4 Å². The van der Waals surface area contributed by atoms with Crippen LogP contribution in [-0.2, 0) is 16.1 Å². The highest BCUT2D eigenvalue weighted by molar-refractivity contribution is 6.01. The number of halogens is 2. The van der Waals surface area contributed by atoms with Gasteiger partial charge in [0.25, 0.3) is 5.91 Å². The average Bonchev–Trinajstić information content (AvgIpc) is 2.73. The van der Waals surface area contributed by atoms with Gasteiger partial charge in [-0.05, 0) is 29.3 Å². The first-order valence-corrected chi connectivity index (χ1v) is 9.17. The first-order chi connectivity index (χ1) is 14.3. The van der Waals surface area contributed by atoms with Crippen LogP contribution in [0.1, 0.15) is 28.9 Å². The number of primary amides is 1. The summed E-state index contributed by atoms with van der Waals surface area (Å²) in [6.07, 6.45) is 0.774. The number of rotatable bonds is 7. The van der Waals surface area contributed by atoms with Gasteiger partial charge in [0, 0.05) is 37.4 Å². The molecule has 154 valence electrons. The van der Waals surface area contributed by atoms with E-state index in [1.807, 2.05) is 0 Å². The Kier molecular flexibility index (Phi) is 6.15. The van der Waals surface area contributed by atoms with E-state index in [-0.39, 0.29) is 42.1 Å². The van der Waals surface area contributed by atoms with E-state index < -0.39 is 17.5 Å². The predicted molar refractivity (Wildman–Crippen MR) is 107 cm³/mol. The van der Waals surface area contributed by atoms with E-state index in [2.05, 4.69) is 4.98 Å². The zero-order valence-corrected chi connectivity index (χ0v) is 16.2. The van der Waals surface area contributed by atoms with Crippen molar-refractivity contribution in [3.8, 4) is 11.1 Å². The monoisotopic (exact) mass is 411 g/mol. The summed E-state index contributed by atoms with van der Waals surface area (Å²) in [6, 6.07) is 10.1. The molecule has 0 aliphatic rings. The van der Waals surface area contributed by atoms with Crippen molar-refractivity contribution in [2.75, 3.05) is 7.05 Å². The maximum absolute atomic E-state index is 15.3. The van der Waals surface area contributed by atoms with Crippen LogP contribution in [0.15, 0.2) is 42.5 Å². The Hall–Kier alpha value is -3.68. The molecule has 0 saturated heterocycles. The molecule has 3 aromatic rings. The first kappa shape index (κ1) is 21.0. The fourth-order valence-corrected chi connectivity index (χ4v) is 3.13. The molecular formula is C22H19F2N3O3. The molecule has 8 heteroatoms. The van der Waals surface area contributed by atoms with Crippen molar-refractivity contribution in [1.29, 1.82) is 0 Å². The Morgan fingerprint density at radius 1 is 1.13 bits per heavy atom. The van der Waals surface area contributed by atoms with E-state index in [0.29, 0.717) is 22.8 Å². The predicted octanol–water partition coefficient (Wildman–Crippen LogP) is 3.22. The molecule has 0 bridgehead atoms. The van der Waals surface area contributed by atoms with Gasteiger partial charge in [-0.25, -0.2) is 13.8 Å². The molecule has 1 heterocycles. The van der Waals surface area contributed by atoms with Gasteiger partial charge in [0.05, 0.1) is 0 Å². The summed E-state index contributed by atoms with van der Waals surface area (Å²) in [5.41, 5.74) is 6.41. The van der Waals surface area contributed by atoms with E-state index in [4.69, 9.17) is 5.73 Å². The largest absolute Gasteiger partial charge is 0.364 e. The summed E-state index contributed by atoms with van der Waals surface area (Å²) in [5, 5.41) is 0.419. The summed E-state index contributed by atoms with van der Waals surface area (Å²) in [4.78, 5) is 39.6. The molecule has 0 unspecified atom stereocenters. The highest BCUT2D eigenvalue weighted by Gasteiger charge is 2.18. The normalized spacial score (nSPS) is 10.8. The van der Waals surface area contributed by atoms with Crippen LogP contribution >= 0.6 is 0 Å². The summed E-state index contributed by atoms with van der Waals surface area (Å²) in [6.45, 7) is -0.0339. The minimum atomic E-state index is -0.828. The number of hydrogen-bond acceptors (Lipinski definition) is 4. The number of amides is 2. The summed E-state index contributed by atoms with van der Waals surface area (Å²) < 4.78 is 28.6. The lowest BCUT2D eigenvalue weighted by Crippen LogP contribution is -2.26. The highest BCUT2D eigenvalue weighted by Crippen LogP contribution is 2.31. The first-order valence-electron chi connectivity index (χ1n) is 9.17. The third kappa shape index (κ3) is 4.32. The van der Waals surface area contributed by atoms with E-state index in [9.17, 15) is 18.8 Å². The lowest BCUT2D eigenvalue weighted by molar-refractivity contribution is -0.131. The summed E-state index contributed by atoms with van der Waals surface area (Å²) >= 11 is 0. The van der Waals surface area contributed by atoms with Crippen LogP contribution in [0.25, 0.3) is 22.0 Å². The Morgan fingerprint density at radius 2 is 1.83 bits per heavy atom. The van der Waals surface area contributed by atoms with Gasteiger partial charge in [0.15, 0.2) is 5.82 Å². The van der Waals surface area contributed by atoms with Crippen LogP contribution in [0.3, 0.4) is 0 Å². The minimum absolute atomic E-state index is 0.0339. The van der Waals surface area contributed by atoms with Gasteiger partial charge in [-0.15, -0.1) is 0 Å². The van der Waals surface area contributed by atoms with Crippen LogP contribution < -0.4 is 5.73 Å². The second kappa shape index (κ2) is 8.77. The van der Waals surface area contributed by atoms with Crippen molar-refractivity contribution >= 4 is 29.0 Å². The highest BCUT2D eigenvalue weighted by atomic mass is 19.1. The molecule has 1 aromatic heterocycles. The van der Waals surface area contributed by atoms with Crippen LogP contribution in [0.5, 0.6) is 0 Å². The number of aromatic nitrogens is 1. The van der Waals surface area contributed by atoms with E-state index in [1.165, 1.54) is 48.3 Å². The fourth-order valence-electron chi connectivity index (χ4n) is 3.13. The van der Waals surface area contributed by atoms with Gasteiger partial charge in [0.1, 0.15) is 23.3 Å². The third-order valence-corrected chi connectivity index (χ3v) is 4.72. The van der Waals surface area contributed by atoms with Gasteiger partial charge < -0.3 is 15.4 Å². The molecule has 0 aliphatic heterocycles. The van der Waals surface area contributed by atoms with Gasteiger partial charge in [0.2, 0.25) is 5.91 Å². The average molecular weight is 411 g/mol. The molecule has 0 aliphatic carbocycles. The van der Waals surface area contributed by atoms with Gasteiger partial charge in [-0.1, -0.05) is 24.3 Å². The number of carbonyl (C=O) groups is 3. The van der Waals surface area contributed by atoms with Gasteiger partial charge in [-0.3, -0.25) is 9.59 Å². The van der Waals surface area contributed by atoms with E-state index in [0.717, 1.165) is 0 Å². The number of fused-ring (bicyclic) bond motifs is 1. The number of nitrogens with zero attached hydrogens (tertiary/aromatic N) is 2. The molecule has 30 heavy (non-hydrogen) atoms. The Bertz CT molecular complexity index is 1130. The third-order valence-electron chi connectivity index (χ3n) is 4.72. The molecule has 0 fully saturated rings. The number of pyridine rings is 1. The number of nitrogens with two attached hydrogens (primary N) is 1. The lowest BCUT2D eigenvalue weighted by Gasteiger charge is -2.18. The van der Waals surface area contributed by atoms with Crippen LogP contribution in [0.2, 0.25) is 0 Å². The lowest BCUT2D eigenvalue weighted by atomic mass is 9.98. The molecule has 0 radical (unpaired) electrons. The second-order valence-electron chi connectivity index (χ2n) is 6.82. The van der Waals surface area contributed by atoms with Gasteiger partial charge in [-0.2, -0.15) is 0 Å². The molecule has 6 nitrogen and oxygen atoms in total. The molecule has 0 spiro atoms. The summed E-state index contributed by atoms with van der Waals surface area (Å²) in [5.74, 6) is -2.24. The Labute approximate surface area is 171 Å². The smallest absolute Gasteiger partial charge is 0.267 e. The quantitative estimate of drug-likeness (QED) is 0.604. The Balaban J connectivity index is 2.09. The topological polar surface area (TPSA) is 93.4 Å². The van der Waals surface area contributed by atoms with Crippen LogP contribution in [0.4, 0.5) is 8.78 Å². The number of hydrogen-bond donors (Lipinski definition) is 1. The van der Waals surface area contributed by atoms with Crippen molar-refractivity contribution in [3.05, 3.63) is 65.4 Å². The Morgan fingerprint density at radius 3 is 2.47 bits per heavy atom. The van der Waals surface area contributed by atoms with Crippen molar-refractivity contribution in [2.24, 2.45) is 5.73 Å². The summed E-state index contributed by atoms with van der Waals surface area (Å²) in [7, 11) is 1.51. The zero-order valence-electron chi connectivity index (χ0n) is 16.2. The molecule has 3 rings (SSSR count). The number of aldehydes is 1. The van der Waals surface area contributed by atoms with E-state index in [1.54, 1.807) is 6.07 Å². The molecule has 0 saturated carbocycles. The second-order valence-corrected chi connectivity index (χ2v) is 6.82. The molecule has 2 amide bonds. The molecule has 2 N–H and O–H groups in total. The van der Waals surface area contributed by atoms with Gasteiger partial charge >= 0.3 is 0 Å². The number of benzene rings is 2. The van der Waals surface area contributed by atoms with Crippen LogP contribution in [-0.4, -0.2) is 35.0 Å². The molecular weight excluding hydrogens is 392 g/mol. The maximum atomic E-state index is 15.3. The van der Waals surface area contributed by atoms with Crippen molar-refractivity contribution < 1.29 is 23.2 Å². The molecule has 2 aromatic carbocycles. The maximum Gasteiger partial charge on any atom is 0.267 e. The van der Waals surface area contributed by atoms with Crippen molar-refractivity contribution in [1.82, 2.24) is 9.88 Å². The van der Waals surface area contributed by atoms with Crippen LogP contribution in [0, 0.1) is 11.6 Å². The SMILES string of the molecule is CN(Cc1ccc2c(-c3ccc(F)cc3)cc(C(N)=O)nc2c1F)C(=O)CCC=O. The standard InChI is InChI=1S/C22H19F2N3O3/c1-27(19(29)3-2-10-28)12-14-6-9-16-17(13-4-7-15(23)8-5-13)11-18(22(25)30)26-21(16)20(14)24/h4-11H,2-3,12H2,1H3,(H2,25,30). The fraction of sp³-hybridized carbons (Fsp3) is 0.182.